The minimum atomic E-state index is -2.07. The van der Waals surface area contributed by atoms with Crippen LogP contribution in [0.2, 0.25) is 0 Å². The van der Waals surface area contributed by atoms with Crippen molar-refractivity contribution in [2.24, 2.45) is 4.36 Å². The van der Waals surface area contributed by atoms with Gasteiger partial charge in [0.05, 0.1) is 5.70 Å². The molecule has 1 aliphatic rings. The Morgan fingerprint density at radius 1 is 1.32 bits per heavy atom. The van der Waals surface area contributed by atoms with Gasteiger partial charge in [-0.2, -0.15) is 0 Å². The standard InChI is InChI=1S/C15H22N2OS/c1-13-15(16-19(2,3)18)10-7-11-17(13)12-14-8-5-4-6-9-14/h4-6,8-10,13H,7,11-12H2,1-3H3. The van der Waals surface area contributed by atoms with E-state index in [-0.39, 0.29) is 6.04 Å². The predicted molar refractivity (Wildman–Crippen MR) is 81.4 cm³/mol. The fourth-order valence-corrected chi connectivity index (χ4v) is 3.07. The number of nitrogens with zero attached hydrogens (tertiary/aromatic N) is 2. The highest BCUT2D eigenvalue weighted by molar-refractivity contribution is 7.92. The van der Waals surface area contributed by atoms with E-state index in [4.69, 9.17) is 0 Å². The maximum absolute atomic E-state index is 11.8. The van der Waals surface area contributed by atoms with E-state index < -0.39 is 9.73 Å². The molecule has 0 aromatic heterocycles. The summed E-state index contributed by atoms with van der Waals surface area (Å²) in [5.41, 5.74) is 2.28. The Morgan fingerprint density at radius 2 is 2.00 bits per heavy atom. The molecular formula is C15H22N2OS. The highest BCUT2D eigenvalue weighted by Gasteiger charge is 2.21. The van der Waals surface area contributed by atoms with Crippen molar-refractivity contribution in [1.82, 2.24) is 4.90 Å². The Balaban J connectivity index is 2.14. The first-order chi connectivity index (χ1) is 8.96. The largest absolute Gasteiger partial charge is 0.290 e. The van der Waals surface area contributed by atoms with Crippen molar-refractivity contribution in [2.45, 2.75) is 25.9 Å². The SMILES string of the molecule is CC1C(N=S(C)(C)=O)=CCCN1Cc1ccccc1. The van der Waals surface area contributed by atoms with Crippen LogP contribution in [-0.4, -0.2) is 34.2 Å². The smallest absolute Gasteiger partial charge is 0.0633 e. The zero-order valence-corrected chi connectivity index (χ0v) is 12.7. The van der Waals surface area contributed by atoms with Gasteiger partial charge in [-0.15, -0.1) is 0 Å². The van der Waals surface area contributed by atoms with Gasteiger partial charge in [-0.25, -0.2) is 8.57 Å². The van der Waals surface area contributed by atoms with E-state index in [1.807, 2.05) is 6.07 Å². The molecule has 2 rings (SSSR count). The third-order valence-corrected chi connectivity index (χ3v) is 3.95. The van der Waals surface area contributed by atoms with Gasteiger partial charge in [-0.05, 0) is 18.9 Å². The lowest BCUT2D eigenvalue weighted by atomic mass is 10.1. The van der Waals surface area contributed by atoms with E-state index in [2.05, 4.69) is 46.5 Å². The van der Waals surface area contributed by atoms with E-state index >= 15 is 0 Å². The summed E-state index contributed by atoms with van der Waals surface area (Å²) in [5, 5.41) is 0. The van der Waals surface area contributed by atoms with Crippen LogP contribution < -0.4 is 0 Å². The van der Waals surface area contributed by atoms with Gasteiger partial charge in [0.25, 0.3) is 0 Å². The van der Waals surface area contributed by atoms with Crippen LogP contribution in [-0.2, 0) is 16.3 Å². The molecule has 0 saturated carbocycles. The minimum absolute atomic E-state index is 0.231. The van der Waals surface area contributed by atoms with Crippen molar-refractivity contribution in [3.8, 4) is 0 Å². The molecule has 1 aromatic rings. The summed E-state index contributed by atoms with van der Waals surface area (Å²) in [4.78, 5) is 2.39. The van der Waals surface area contributed by atoms with Crippen molar-refractivity contribution in [1.29, 1.82) is 0 Å². The third kappa shape index (κ3) is 4.18. The van der Waals surface area contributed by atoms with Crippen LogP contribution in [0.1, 0.15) is 18.9 Å². The zero-order chi connectivity index (χ0) is 13.9. The van der Waals surface area contributed by atoms with Crippen LogP contribution in [0.25, 0.3) is 0 Å². The van der Waals surface area contributed by atoms with E-state index in [0.29, 0.717) is 0 Å². The monoisotopic (exact) mass is 278 g/mol. The highest BCUT2D eigenvalue weighted by atomic mass is 32.2. The molecule has 0 spiro atoms. The van der Waals surface area contributed by atoms with Gasteiger partial charge in [0.1, 0.15) is 0 Å². The summed E-state index contributed by atoms with van der Waals surface area (Å²) in [7, 11) is -2.07. The molecule has 4 heteroatoms. The molecule has 0 bridgehead atoms. The molecule has 0 fully saturated rings. The molecule has 1 atom stereocenters. The normalized spacial score (nSPS) is 21.0. The lowest BCUT2D eigenvalue weighted by molar-refractivity contribution is 0.216. The van der Waals surface area contributed by atoms with E-state index in [1.165, 1.54) is 5.56 Å². The quantitative estimate of drug-likeness (QED) is 0.851. The highest BCUT2D eigenvalue weighted by Crippen LogP contribution is 2.22. The van der Waals surface area contributed by atoms with E-state index in [1.54, 1.807) is 12.5 Å². The fourth-order valence-electron chi connectivity index (χ4n) is 2.33. The first-order valence-electron chi connectivity index (χ1n) is 6.61. The van der Waals surface area contributed by atoms with Gasteiger partial charge >= 0.3 is 0 Å². The molecule has 19 heavy (non-hydrogen) atoms. The second-order valence-corrected chi connectivity index (χ2v) is 7.87. The predicted octanol–water partition coefficient (Wildman–Crippen LogP) is 2.89. The molecule has 0 N–H and O–H groups in total. The van der Waals surface area contributed by atoms with Crippen LogP contribution in [0.3, 0.4) is 0 Å². The summed E-state index contributed by atoms with van der Waals surface area (Å²) >= 11 is 0. The van der Waals surface area contributed by atoms with E-state index in [9.17, 15) is 4.21 Å². The maximum Gasteiger partial charge on any atom is 0.0633 e. The number of benzene rings is 1. The molecule has 0 radical (unpaired) electrons. The molecular weight excluding hydrogens is 256 g/mol. The van der Waals surface area contributed by atoms with Gasteiger partial charge in [0, 0.05) is 41.4 Å². The molecule has 104 valence electrons. The van der Waals surface area contributed by atoms with Crippen molar-refractivity contribution in [2.75, 3.05) is 19.1 Å². The van der Waals surface area contributed by atoms with Crippen molar-refractivity contribution < 1.29 is 4.21 Å². The van der Waals surface area contributed by atoms with E-state index in [0.717, 1.165) is 25.2 Å². The summed E-state index contributed by atoms with van der Waals surface area (Å²) in [6, 6.07) is 10.7. The van der Waals surface area contributed by atoms with Gasteiger partial charge in [0.15, 0.2) is 0 Å². The summed E-state index contributed by atoms with van der Waals surface area (Å²) in [6.45, 7) is 4.09. The number of hydrogen-bond donors (Lipinski definition) is 0. The lowest BCUT2D eigenvalue weighted by Crippen LogP contribution is -2.37. The molecule has 1 heterocycles. The van der Waals surface area contributed by atoms with Gasteiger partial charge in [-0.1, -0.05) is 36.4 Å². The third-order valence-electron chi connectivity index (χ3n) is 3.30. The lowest BCUT2D eigenvalue weighted by Gasteiger charge is -2.32. The maximum atomic E-state index is 11.8. The molecule has 3 nitrogen and oxygen atoms in total. The molecule has 0 aliphatic carbocycles. The summed E-state index contributed by atoms with van der Waals surface area (Å²) in [5.74, 6) is 0. The average molecular weight is 278 g/mol. The van der Waals surface area contributed by atoms with Gasteiger partial charge in [0.2, 0.25) is 0 Å². The minimum Gasteiger partial charge on any atom is -0.290 e. The van der Waals surface area contributed by atoms with Crippen molar-refractivity contribution >= 4 is 9.73 Å². The topological polar surface area (TPSA) is 32.7 Å². The second-order valence-electron chi connectivity index (χ2n) is 5.32. The molecule has 1 unspecified atom stereocenters. The van der Waals surface area contributed by atoms with Gasteiger partial charge < -0.3 is 0 Å². The Morgan fingerprint density at radius 3 is 2.63 bits per heavy atom. The summed E-state index contributed by atoms with van der Waals surface area (Å²) < 4.78 is 16.2. The molecule has 0 saturated heterocycles. The molecule has 1 aliphatic heterocycles. The molecule has 0 amide bonds. The summed E-state index contributed by atoms with van der Waals surface area (Å²) in [6.07, 6.45) is 6.48. The number of hydrogen-bond acceptors (Lipinski definition) is 3. The van der Waals surface area contributed by atoms with Crippen LogP contribution in [0, 0.1) is 0 Å². The second kappa shape index (κ2) is 5.88. The average Bonchev–Trinajstić information content (AvgIpc) is 2.34. The fraction of sp³-hybridized carbons (Fsp3) is 0.467. The first-order valence-corrected chi connectivity index (χ1v) is 8.94. The number of rotatable bonds is 3. The van der Waals surface area contributed by atoms with Crippen LogP contribution in [0.4, 0.5) is 0 Å². The molecule has 1 aromatic carbocycles. The van der Waals surface area contributed by atoms with Crippen LogP contribution in [0.15, 0.2) is 46.5 Å². The van der Waals surface area contributed by atoms with Gasteiger partial charge in [-0.3, -0.25) is 4.90 Å². The zero-order valence-electron chi connectivity index (χ0n) is 11.9. The Hall–Kier alpha value is -1.13. The van der Waals surface area contributed by atoms with Crippen molar-refractivity contribution in [3.05, 3.63) is 47.7 Å². The van der Waals surface area contributed by atoms with Crippen molar-refractivity contribution in [3.63, 3.8) is 0 Å². The first kappa shape index (κ1) is 14.3. The Labute approximate surface area is 116 Å². The van der Waals surface area contributed by atoms with Crippen LogP contribution >= 0.6 is 0 Å². The van der Waals surface area contributed by atoms with Crippen LogP contribution in [0.5, 0.6) is 0 Å². The Kier molecular flexibility index (Phi) is 4.42. The Bertz CT molecular complexity index is 563.